The van der Waals surface area contributed by atoms with E-state index in [4.69, 9.17) is 0 Å². The molecule has 1 fully saturated rings. The maximum absolute atomic E-state index is 12.4. The minimum atomic E-state index is -0.111. The molecule has 0 spiro atoms. The summed E-state index contributed by atoms with van der Waals surface area (Å²) >= 11 is 4.42. The molecule has 26 heavy (non-hydrogen) atoms. The molecule has 1 aliphatic heterocycles. The van der Waals surface area contributed by atoms with Gasteiger partial charge >= 0.3 is 0 Å². The molecule has 0 radical (unpaired) electrons. The molecule has 0 unspecified atom stereocenters. The average molecular weight is 410 g/mol. The van der Waals surface area contributed by atoms with Crippen molar-refractivity contribution in [3.63, 3.8) is 0 Å². The number of thiophene rings is 1. The molecule has 1 atom stereocenters. The Kier molecular flexibility index (Phi) is 7.10. The van der Waals surface area contributed by atoms with Gasteiger partial charge in [0.2, 0.25) is 11.8 Å². The van der Waals surface area contributed by atoms with Gasteiger partial charge in [-0.25, -0.2) is 4.98 Å². The second kappa shape index (κ2) is 9.53. The number of rotatable bonds is 7. The molecule has 0 saturated carbocycles. The number of piperidine rings is 1. The molecule has 0 bridgehead atoms. The fourth-order valence-electron chi connectivity index (χ4n) is 3.09. The Morgan fingerprint density at radius 1 is 1.35 bits per heavy atom. The summed E-state index contributed by atoms with van der Waals surface area (Å²) in [7, 11) is 0. The van der Waals surface area contributed by atoms with Crippen LogP contribution in [0.25, 0.3) is 10.6 Å². The van der Waals surface area contributed by atoms with Crippen molar-refractivity contribution in [1.29, 1.82) is 0 Å². The first-order valence-electron chi connectivity index (χ1n) is 8.84. The number of thioether (sulfide) groups is 1. The number of nitrogens with zero attached hydrogens (tertiary/aromatic N) is 2. The van der Waals surface area contributed by atoms with Gasteiger partial charge in [-0.2, -0.15) is 0 Å². The van der Waals surface area contributed by atoms with Crippen LogP contribution in [0.3, 0.4) is 0 Å². The molecule has 3 heterocycles. The third-order valence-electron chi connectivity index (χ3n) is 4.40. The highest BCUT2D eigenvalue weighted by atomic mass is 32.2. The molecule has 5 nitrogen and oxygen atoms in total. The Hall–Kier alpha value is -1.38. The lowest BCUT2D eigenvalue weighted by molar-refractivity contribution is -0.132. The van der Waals surface area contributed by atoms with Crippen LogP contribution in [0.2, 0.25) is 0 Å². The monoisotopic (exact) mass is 409 g/mol. The summed E-state index contributed by atoms with van der Waals surface area (Å²) in [6.45, 7) is 2.99. The normalized spacial score (nSPS) is 17.3. The van der Waals surface area contributed by atoms with E-state index in [1.165, 1.54) is 29.5 Å². The number of hydrogen-bond acceptors (Lipinski definition) is 6. The Balaban J connectivity index is 1.42. The summed E-state index contributed by atoms with van der Waals surface area (Å²) in [5.41, 5.74) is 0.888. The summed E-state index contributed by atoms with van der Waals surface area (Å²) in [5.74, 6) is 0.677. The van der Waals surface area contributed by atoms with Gasteiger partial charge in [0.15, 0.2) is 5.13 Å². The van der Waals surface area contributed by atoms with E-state index in [0.717, 1.165) is 36.4 Å². The van der Waals surface area contributed by atoms with Gasteiger partial charge in [0.25, 0.3) is 0 Å². The highest BCUT2D eigenvalue weighted by Crippen LogP contribution is 2.28. The average Bonchev–Trinajstić information content (AvgIpc) is 3.33. The van der Waals surface area contributed by atoms with Gasteiger partial charge < -0.3 is 10.2 Å². The summed E-state index contributed by atoms with van der Waals surface area (Å²) in [6.07, 6.45) is 4.40. The first-order chi connectivity index (χ1) is 12.7. The second-order valence-electron chi connectivity index (χ2n) is 6.20. The molecular weight excluding hydrogens is 386 g/mol. The van der Waals surface area contributed by atoms with Gasteiger partial charge in [0.05, 0.1) is 22.1 Å². The van der Waals surface area contributed by atoms with Crippen LogP contribution in [0.4, 0.5) is 5.13 Å². The largest absolute Gasteiger partial charge is 0.339 e. The zero-order chi connectivity index (χ0) is 18.4. The summed E-state index contributed by atoms with van der Waals surface area (Å²) < 4.78 is 0. The van der Waals surface area contributed by atoms with Crippen molar-refractivity contribution in [2.75, 3.05) is 23.4 Å². The third-order valence-corrected chi connectivity index (χ3v) is 6.97. The molecule has 140 valence electrons. The van der Waals surface area contributed by atoms with Gasteiger partial charge in [-0.15, -0.1) is 34.4 Å². The van der Waals surface area contributed by atoms with Gasteiger partial charge in [0.1, 0.15) is 0 Å². The fraction of sp³-hybridized carbons (Fsp3) is 0.500. The smallest absolute Gasteiger partial charge is 0.236 e. The van der Waals surface area contributed by atoms with Crippen LogP contribution in [0.15, 0.2) is 22.9 Å². The predicted octanol–water partition coefficient (Wildman–Crippen LogP) is 4.33. The van der Waals surface area contributed by atoms with Crippen LogP contribution >= 0.6 is 34.4 Å². The van der Waals surface area contributed by atoms with Gasteiger partial charge in [-0.3, -0.25) is 9.59 Å². The number of nitrogens with one attached hydrogen (secondary N) is 1. The van der Waals surface area contributed by atoms with Crippen molar-refractivity contribution in [2.24, 2.45) is 0 Å². The van der Waals surface area contributed by atoms with Crippen LogP contribution in [-0.4, -0.2) is 45.8 Å². The maximum Gasteiger partial charge on any atom is 0.236 e. The van der Waals surface area contributed by atoms with Crippen LogP contribution in [0.1, 0.15) is 32.6 Å². The summed E-state index contributed by atoms with van der Waals surface area (Å²) in [6, 6.07) is 4.37. The zero-order valence-electron chi connectivity index (χ0n) is 14.8. The van der Waals surface area contributed by atoms with Crippen molar-refractivity contribution < 1.29 is 9.59 Å². The standard InChI is InChI=1S/C18H23N3O2S3/c1-2-13-6-3-4-8-21(13)17(23)12-24-11-16(22)20-18-19-14(10-26-18)15-7-5-9-25-15/h5,7,9-10,13H,2-4,6,8,11-12H2,1H3,(H,19,20,22)/t13-/m1/s1. The van der Waals surface area contributed by atoms with E-state index in [0.29, 0.717) is 16.9 Å². The molecule has 0 aromatic carbocycles. The molecule has 2 aromatic rings. The van der Waals surface area contributed by atoms with E-state index < -0.39 is 0 Å². The summed E-state index contributed by atoms with van der Waals surface area (Å²) in [5, 5.41) is 7.38. The van der Waals surface area contributed by atoms with E-state index >= 15 is 0 Å². The molecule has 0 aliphatic carbocycles. The number of thiazole rings is 1. The van der Waals surface area contributed by atoms with Crippen LogP contribution < -0.4 is 5.32 Å². The number of carbonyl (C=O) groups excluding carboxylic acids is 2. The highest BCUT2D eigenvalue weighted by molar-refractivity contribution is 8.00. The Bertz CT molecular complexity index is 730. The molecule has 8 heteroatoms. The molecule has 1 saturated heterocycles. The van der Waals surface area contributed by atoms with Gasteiger partial charge in [-0.05, 0) is 37.1 Å². The second-order valence-corrected chi connectivity index (χ2v) is 8.99. The molecule has 1 N–H and O–H groups in total. The third kappa shape index (κ3) is 5.08. The van der Waals surface area contributed by atoms with E-state index in [1.807, 2.05) is 27.8 Å². The van der Waals surface area contributed by atoms with E-state index in [1.54, 1.807) is 11.3 Å². The van der Waals surface area contributed by atoms with Crippen molar-refractivity contribution in [3.05, 3.63) is 22.9 Å². The fourth-order valence-corrected chi connectivity index (χ4v) is 5.28. The Morgan fingerprint density at radius 3 is 3.00 bits per heavy atom. The van der Waals surface area contributed by atoms with Crippen LogP contribution in [-0.2, 0) is 9.59 Å². The van der Waals surface area contributed by atoms with Crippen LogP contribution in [0.5, 0.6) is 0 Å². The molecule has 2 aromatic heterocycles. The van der Waals surface area contributed by atoms with E-state index in [9.17, 15) is 9.59 Å². The Labute approximate surface area is 166 Å². The first kappa shape index (κ1) is 19.4. The molecular formula is C18H23N3O2S3. The lowest BCUT2D eigenvalue weighted by atomic mass is 10.0. The van der Waals surface area contributed by atoms with E-state index in [-0.39, 0.29) is 17.6 Å². The van der Waals surface area contributed by atoms with Gasteiger partial charge in [0, 0.05) is 18.0 Å². The maximum atomic E-state index is 12.4. The molecule has 2 amide bonds. The van der Waals surface area contributed by atoms with Gasteiger partial charge in [-0.1, -0.05) is 13.0 Å². The van der Waals surface area contributed by atoms with Crippen LogP contribution in [0, 0.1) is 0 Å². The van der Waals surface area contributed by atoms with Crippen molar-refractivity contribution in [1.82, 2.24) is 9.88 Å². The molecule has 3 rings (SSSR count). The minimum Gasteiger partial charge on any atom is -0.339 e. The van der Waals surface area contributed by atoms with E-state index in [2.05, 4.69) is 17.2 Å². The lowest BCUT2D eigenvalue weighted by Crippen LogP contribution is -2.44. The predicted molar refractivity (Wildman–Crippen MR) is 111 cm³/mol. The topological polar surface area (TPSA) is 62.3 Å². The van der Waals surface area contributed by atoms with Crippen molar-refractivity contribution in [2.45, 2.75) is 38.6 Å². The quantitative estimate of drug-likeness (QED) is 0.739. The zero-order valence-corrected chi connectivity index (χ0v) is 17.2. The highest BCUT2D eigenvalue weighted by Gasteiger charge is 2.25. The Morgan fingerprint density at radius 2 is 2.23 bits per heavy atom. The van der Waals surface area contributed by atoms with Crippen molar-refractivity contribution in [3.8, 4) is 10.6 Å². The number of carbonyl (C=O) groups is 2. The number of amides is 2. The minimum absolute atomic E-state index is 0.111. The summed E-state index contributed by atoms with van der Waals surface area (Å²) in [4.78, 5) is 32.0. The number of likely N-dealkylation sites (tertiary alicyclic amines) is 1. The molecule has 1 aliphatic rings. The lowest BCUT2D eigenvalue weighted by Gasteiger charge is -2.35. The number of hydrogen-bond donors (Lipinski definition) is 1. The first-order valence-corrected chi connectivity index (χ1v) is 11.7. The SMILES string of the molecule is CC[C@@H]1CCCCN1C(=O)CSCC(=O)Nc1nc(-c2cccs2)cs1. The number of anilines is 1. The number of aromatic nitrogens is 1. The van der Waals surface area contributed by atoms with Crippen molar-refractivity contribution >= 4 is 51.4 Å².